The topological polar surface area (TPSA) is 43.6 Å². The van der Waals surface area contributed by atoms with Crippen molar-refractivity contribution in [3.8, 4) is 16.9 Å². The van der Waals surface area contributed by atoms with Crippen LogP contribution in [-0.2, 0) is 11.8 Å². The molecule has 0 aliphatic carbocycles. The third kappa shape index (κ3) is 6.01. The van der Waals surface area contributed by atoms with Crippen LogP contribution in [0.1, 0.15) is 90.9 Å². The Balaban J connectivity index is 1.75. The van der Waals surface area contributed by atoms with Crippen molar-refractivity contribution in [2.75, 3.05) is 0 Å². The van der Waals surface area contributed by atoms with Gasteiger partial charge in [0.25, 0.3) is 0 Å². The molecular formula is C33H42N4. The Morgan fingerprint density at radius 1 is 0.784 bits per heavy atom. The number of hydrogen-bond donors (Lipinski definition) is 0. The summed E-state index contributed by atoms with van der Waals surface area (Å²) in [5, 5.41) is 4.93. The number of benzene rings is 1. The van der Waals surface area contributed by atoms with E-state index in [1.165, 1.54) is 5.56 Å². The summed E-state index contributed by atoms with van der Waals surface area (Å²) in [5.74, 6) is 0.369. The quantitative estimate of drug-likeness (QED) is 0.270. The molecule has 0 amide bonds. The van der Waals surface area contributed by atoms with Crippen molar-refractivity contribution in [1.82, 2.24) is 19.7 Å². The second kappa shape index (κ2) is 9.89. The summed E-state index contributed by atoms with van der Waals surface area (Å²) in [7, 11) is 0. The van der Waals surface area contributed by atoms with Gasteiger partial charge in [-0.05, 0) is 73.1 Å². The first-order chi connectivity index (χ1) is 17.3. The first-order valence-corrected chi connectivity index (χ1v) is 13.3. The molecule has 0 saturated heterocycles. The Morgan fingerprint density at radius 2 is 1.49 bits per heavy atom. The van der Waals surface area contributed by atoms with Gasteiger partial charge in [0.2, 0.25) is 0 Å². The number of hydrogen-bond acceptors (Lipinski definition) is 3. The molecule has 37 heavy (non-hydrogen) atoms. The fourth-order valence-electron chi connectivity index (χ4n) is 4.56. The van der Waals surface area contributed by atoms with Crippen molar-refractivity contribution in [3.63, 3.8) is 0 Å². The third-order valence-corrected chi connectivity index (χ3v) is 7.39. The van der Waals surface area contributed by atoms with E-state index in [0.29, 0.717) is 5.92 Å². The molecule has 0 spiro atoms. The van der Waals surface area contributed by atoms with Gasteiger partial charge < -0.3 is 0 Å². The summed E-state index contributed by atoms with van der Waals surface area (Å²) in [6.45, 7) is 20.3. The second-order valence-electron chi connectivity index (χ2n) is 13.1. The van der Waals surface area contributed by atoms with Gasteiger partial charge in [-0.15, -0.1) is 0 Å². The minimum atomic E-state index is -0.358. The van der Waals surface area contributed by atoms with Crippen molar-refractivity contribution >= 4 is 0 Å². The van der Waals surface area contributed by atoms with Gasteiger partial charge in [-0.1, -0.05) is 72.7 Å². The minimum absolute atomic E-state index is 0.149. The molecule has 0 aliphatic rings. The van der Waals surface area contributed by atoms with E-state index in [0.717, 1.165) is 40.4 Å². The van der Waals surface area contributed by atoms with E-state index >= 15 is 0 Å². The van der Waals surface area contributed by atoms with Crippen molar-refractivity contribution in [1.29, 1.82) is 0 Å². The molecule has 4 rings (SSSR count). The Morgan fingerprint density at radius 3 is 2.08 bits per heavy atom. The van der Waals surface area contributed by atoms with Crippen LogP contribution >= 0.6 is 0 Å². The Kier molecular flexibility index (Phi) is 7.16. The lowest BCUT2D eigenvalue weighted by Crippen LogP contribution is -2.23. The van der Waals surface area contributed by atoms with Crippen LogP contribution in [0.3, 0.4) is 0 Å². The van der Waals surface area contributed by atoms with Gasteiger partial charge in [0.15, 0.2) is 0 Å². The molecule has 0 fully saturated rings. The molecule has 1 unspecified atom stereocenters. The monoisotopic (exact) mass is 494 g/mol. The highest BCUT2D eigenvalue weighted by atomic mass is 15.3. The maximum atomic E-state index is 5.29. The summed E-state index contributed by atoms with van der Waals surface area (Å²) in [6.07, 6.45) is 4.98. The highest BCUT2D eigenvalue weighted by Crippen LogP contribution is 2.36. The van der Waals surface area contributed by atoms with Crippen LogP contribution in [0.15, 0.2) is 73.1 Å². The van der Waals surface area contributed by atoms with E-state index < -0.39 is 0 Å². The Hall–Kier alpha value is -3.27. The summed E-state index contributed by atoms with van der Waals surface area (Å²) >= 11 is 0. The fraction of sp³-hybridized carbons (Fsp3) is 0.424. The summed E-state index contributed by atoms with van der Waals surface area (Å²) in [6, 6.07) is 21.1. The summed E-state index contributed by atoms with van der Waals surface area (Å²) in [5.41, 5.74) is 7.46. The number of rotatable bonds is 6. The molecular weight excluding hydrogens is 452 g/mol. The maximum Gasteiger partial charge on any atom is 0.0753 e. The first-order valence-electron chi connectivity index (χ1n) is 13.3. The van der Waals surface area contributed by atoms with Crippen molar-refractivity contribution in [2.24, 2.45) is 10.8 Å². The van der Waals surface area contributed by atoms with Crippen LogP contribution in [0, 0.1) is 10.8 Å². The smallest absolute Gasteiger partial charge is 0.0753 e. The lowest BCUT2D eigenvalue weighted by Gasteiger charge is -2.27. The van der Waals surface area contributed by atoms with Gasteiger partial charge in [-0.3, -0.25) is 9.97 Å². The average molecular weight is 495 g/mol. The zero-order chi connectivity index (χ0) is 27.0. The van der Waals surface area contributed by atoms with Crippen LogP contribution < -0.4 is 0 Å². The first kappa shape index (κ1) is 26.8. The number of pyridine rings is 2. The molecule has 4 heteroatoms. The lowest BCUT2D eigenvalue weighted by molar-refractivity contribution is 0.334. The zero-order valence-electron chi connectivity index (χ0n) is 24.0. The van der Waals surface area contributed by atoms with Gasteiger partial charge in [0.1, 0.15) is 0 Å². The molecule has 0 N–H and O–H groups in total. The summed E-state index contributed by atoms with van der Waals surface area (Å²) in [4.78, 5) is 10.2. The fourth-order valence-corrected chi connectivity index (χ4v) is 4.56. The van der Waals surface area contributed by atoms with Crippen molar-refractivity contribution in [3.05, 3.63) is 95.7 Å². The molecule has 1 atom stereocenters. The van der Waals surface area contributed by atoms with Crippen LogP contribution in [0.5, 0.6) is 0 Å². The normalized spacial score (nSPS) is 13.5. The standard InChI is InChI=1S/C33H42N4/c1-23(32(5,6)7)27-17-15-25(22-34-27)30-24(21-31(2,3)4)16-18-28(35-30)33(8,9)29-19-20-37(36-29)26-13-11-10-12-14-26/h10-20,22-23H,21H2,1-9H3. The van der Waals surface area contributed by atoms with Crippen LogP contribution in [0.4, 0.5) is 0 Å². The molecule has 3 heterocycles. The van der Waals surface area contributed by atoms with Crippen molar-refractivity contribution in [2.45, 2.75) is 80.1 Å². The zero-order valence-corrected chi connectivity index (χ0v) is 24.0. The molecule has 0 saturated carbocycles. The number of aromatic nitrogens is 4. The molecule has 3 aromatic heterocycles. The van der Waals surface area contributed by atoms with E-state index in [2.05, 4.69) is 105 Å². The second-order valence-corrected chi connectivity index (χ2v) is 13.1. The van der Waals surface area contributed by atoms with Gasteiger partial charge >= 0.3 is 0 Å². The van der Waals surface area contributed by atoms with Gasteiger partial charge in [-0.2, -0.15) is 5.10 Å². The molecule has 0 bridgehead atoms. The Bertz CT molecular complexity index is 1330. The van der Waals surface area contributed by atoms with E-state index in [1.807, 2.05) is 35.3 Å². The lowest BCUT2D eigenvalue weighted by atomic mass is 9.80. The van der Waals surface area contributed by atoms with Crippen molar-refractivity contribution < 1.29 is 0 Å². The van der Waals surface area contributed by atoms with Crippen LogP contribution in [0.25, 0.3) is 16.9 Å². The van der Waals surface area contributed by atoms with Crippen LogP contribution in [0.2, 0.25) is 0 Å². The highest BCUT2D eigenvalue weighted by molar-refractivity contribution is 5.63. The highest BCUT2D eigenvalue weighted by Gasteiger charge is 2.29. The largest absolute Gasteiger partial charge is 0.260 e. The number of para-hydroxylation sites is 1. The molecule has 0 aliphatic heterocycles. The minimum Gasteiger partial charge on any atom is -0.260 e. The van der Waals surface area contributed by atoms with E-state index in [4.69, 9.17) is 15.1 Å². The predicted octanol–water partition coefficient (Wildman–Crippen LogP) is 8.39. The van der Waals surface area contributed by atoms with Gasteiger partial charge in [0, 0.05) is 29.6 Å². The summed E-state index contributed by atoms with van der Waals surface area (Å²) < 4.78 is 1.94. The van der Waals surface area contributed by atoms with E-state index in [1.54, 1.807) is 0 Å². The molecule has 4 nitrogen and oxygen atoms in total. The van der Waals surface area contributed by atoms with E-state index in [9.17, 15) is 0 Å². The third-order valence-electron chi connectivity index (χ3n) is 7.39. The number of nitrogens with zero attached hydrogens (tertiary/aromatic N) is 4. The Labute approximate surface area is 223 Å². The van der Waals surface area contributed by atoms with Gasteiger partial charge in [0.05, 0.1) is 28.2 Å². The van der Waals surface area contributed by atoms with Gasteiger partial charge in [-0.25, -0.2) is 4.68 Å². The molecule has 4 aromatic rings. The maximum absolute atomic E-state index is 5.29. The van der Waals surface area contributed by atoms with Crippen LogP contribution in [-0.4, -0.2) is 19.7 Å². The van der Waals surface area contributed by atoms with E-state index in [-0.39, 0.29) is 16.2 Å². The molecule has 1 aromatic carbocycles. The SMILES string of the molecule is CC(c1ccc(-c2nc(C(C)(C)c3ccn(-c4ccccc4)n3)ccc2CC(C)(C)C)cn1)C(C)(C)C. The molecule has 0 radical (unpaired) electrons. The predicted molar refractivity (Wildman–Crippen MR) is 154 cm³/mol. The molecule has 194 valence electrons. The average Bonchev–Trinajstić information content (AvgIpc) is 3.34.